The predicted octanol–water partition coefficient (Wildman–Crippen LogP) is 3.87. The zero-order chi connectivity index (χ0) is 16.0. The average Bonchev–Trinajstić information content (AvgIpc) is 2.35. The summed E-state index contributed by atoms with van der Waals surface area (Å²) < 4.78 is 6.40. The van der Waals surface area contributed by atoms with Crippen LogP contribution in [0, 0.1) is 17.8 Å². The molecule has 21 heavy (non-hydrogen) atoms. The van der Waals surface area contributed by atoms with Crippen LogP contribution in [0.15, 0.2) is 24.0 Å². The number of carbonyl (C=O) groups excluding carboxylic acids is 2. The lowest BCUT2D eigenvalue weighted by Crippen LogP contribution is -2.45. The second kappa shape index (κ2) is 5.23. The van der Waals surface area contributed by atoms with Crippen molar-refractivity contribution in [2.75, 3.05) is 0 Å². The Morgan fingerprint density at radius 1 is 1.14 bits per heavy atom. The lowest BCUT2D eigenvalue weighted by Gasteiger charge is -2.42. The highest BCUT2D eigenvalue weighted by Crippen LogP contribution is 2.44. The Morgan fingerprint density at radius 3 is 2.29 bits per heavy atom. The summed E-state index contributed by atoms with van der Waals surface area (Å²) in [6.45, 7) is 13.0. The normalized spacial score (nSPS) is 30.0. The molecule has 0 radical (unpaired) electrons. The van der Waals surface area contributed by atoms with E-state index in [4.69, 9.17) is 4.43 Å². The number of hydrogen-bond donors (Lipinski definition) is 0. The average molecular weight is 306 g/mol. The van der Waals surface area contributed by atoms with Gasteiger partial charge in [-0.1, -0.05) is 27.7 Å². The maximum Gasteiger partial charge on any atom is 0.250 e. The van der Waals surface area contributed by atoms with Gasteiger partial charge in [-0.2, -0.15) is 0 Å². The highest BCUT2D eigenvalue weighted by molar-refractivity contribution is 6.74. The molecule has 3 nitrogen and oxygen atoms in total. The van der Waals surface area contributed by atoms with Gasteiger partial charge in [0.15, 0.2) is 11.6 Å². The van der Waals surface area contributed by atoms with Gasteiger partial charge in [-0.3, -0.25) is 9.59 Å². The van der Waals surface area contributed by atoms with Crippen molar-refractivity contribution in [3.63, 3.8) is 0 Å². The van der Waals surface area contributed by atoms with E-state index >= 15 is 0 Å². The quantitative estimate of drug-likeness (QED) is 0.727. The molecular weight excluding hydrogens is 280 g/mol. The highest BCUT2D eigenvalue weighted by Gasteiger charge is 2.45. The van der Waals surface area contributed by atoms with Crippen LogP contribution in [0.3, 0.4) is 0 Å². The molecule has 0 saturated heterocycles. The molecule has 0 heterocycles. The molecule has 4 heteroatoms. The van der Waals surface area contributed by atoms with Crippen LogP contribution >= 0.6 is 0 Å². The van der Waals surface area contributed by atoms with Gasteiger partial charge in [0.05, 0.1) is 5.76 Å². The zero-order valence-electron chi connectivity index (χ0n) is 13.9. The minimum atomic E-state index is -1.91. The van der Waals surface area contributed by atoms with Crippen LogP contribution in [-0.2, 0) is 14.0 Å². The predicted molar refractivity (Wildman–Crippen MR) is 86.3 cm³/mol. The van der Waals surface area contributed by atoms with Crippen molar-refractivity contribution in [1.82, 2.24) is 0 Å². The molecule has 0 aromatic heterocycles. The standard InChI is InChI=1S/C17H26O3Si/c1-11-15(20-21(5,6)17(2,3)4)10-7-12-13(18)8-9-14(19)16(11)12/h8-12,16H,7H2,1-6H3/t11-,12-,16-/m0/s1. The monoisotopic (exact) mass is 306 g/mol. The third kappa shape index (κ3) is 2.91. The van der Waals surface area contributed by atoms with Crippen LogP contribution in [0.5, 0.6) is 0 Å². The number of ketones is 2. The van der Waals surface area contributed by atoms with Gasteiger partial charge in [0.2, 0.25) is 8.32 Å². The van der Waals surface area contributed by atoms with E-state index in [-0.39, 0.29) is 34.4 Å². The van der Waals surface area contributed by atoms with Crippen molar-refractivity contribution < 1.29 is 14.0 Å². The summed E-state index contributed by atoms with van der Waals surface area (Å²) in [5.74, 6) is 0.612. The molecule has 0 fully saturated rings. The van der Waals surface area contributed by atoms with Crippen LogP contribution in [0.2, 0.25) is 18.1 Å². The molecule has 116 valence electrons. The molecule has 3 atom stereocenters. The van der Waals surface area contributed by atoms with Crippen molar-refractivity contribution >= 4 is 19.9 Å². The molecule has 0 aromatic rings. The topological polar surface area (TPSA) is 43.4 Å². The lowest BCUT2D eigenvalue weighted by atomic mass is 9.69. The molecule has 0 amide bonds. The van der Waals surface area contributed by atoms with E-state index in [0.29, 0.717) is 6.42 Å². The Morgan fingerprint density at radius 2 is 1.71 bits per heavy atom. The minimum Gasteiger partial charge on any atom is -0.547 e. The molecule has 2 aliphatic carbocycles. The molecule has 2 aliphatic rings. The van der Waals surface area contributed by atoms with Crippen molar-refractivity contribution in [2.24, 2.45) is 17.8 Å². The molecule has 0 unspecified atom stereocenters. The SMILES string of the molecule is C[C@H]1C(O[Si](C)(C)C(C)(C)C)=CC[C@H]2C(=O)C=CC(=O)[C@@H]12. The summed E-state index contributed by atoms with van der Waals surface area (Å²) in [7, 11) is -1.91. The van der Waals surface area contributed by atoms with Crippen LogP contribution in [0.1, 0.15) is 34.1 Å². The van der Waals surface area contributed by atoms with E-state index in [9.17, 15) is 9.59 Å². The summed E-state index contributed by atoms with van der Waals surface area (Å²) in [6.07, 6.45) is 5.53. The van der Waals surface area contributed by atoms with E-state index < -0.39 is 8.32 Å². The smallest absolute Gasteiger partial charge is 0.250 e. The third-order valence-corrected chi connectivity index (χ3v) is 9.64. The first-order valence-electron chi connectivity index (χ1n) is 7.69. The third-order valence-electron chi connectivity index (χ3n) is 5.28. The first kappa shape index (κ1) is 16.2. The number of hydrogen-bond acceptors (Lipinski definition) is 3. The Bertz CT molecular complexity index is 523. The molecule has 0 N–H and O–H groups in total. The van der Waals surface area contributed by atoms with E-state index in [1.165, 1.54) is 12.2 Å². The summed E-state index contributed by atoms with van der Waals surface area (Å²) in [4.78, 5) is 24.2. The molecule has 0 aliphatic heterocycles. The van der Waals surface area contributed by atoms with E-state index in [0.717, 1.165) is 5.76 Å². The second-order valence-corrected chi connectivity index (χ2v) is 12.5. The Hall–Kier alpha value is -1.16. The van der Waals surface area contributed by atoms with E-state index in [1.54, 1.807) is 0 Å². The first-order chi connectivity index (χ1) is 9.54. The lowest BCUT2D eigenvalue weighted by molar-refractivity contribution is -0.131. The molecule has 0 bridgehead atoms. The molecule has 2 rings (SSSR count). The van der Waals surface area contributed by atoms with Crippen molar-refractivity contribution in [3.8, 4) is 0 Å². The number of allylic oxidation sites excluding steroid dienone is 4. The Balaban J connectivity index is 2.25. The highest BCUT2D eigenvalue weighted by atomic mass is 28.4. The summed E-state index contributed by atoms with van der Waals surface area (Å²) >= 11 is 0. The fraction of sp³-hybridized carbons (Fsp3) is 0.647. The first-order valence-corrected chi connectivity index (χ1v) is 10.6. The summed E-state index contributed by atoms with van der Waals surface area (Å²) in [5, 5.41) is 0.122. The number of fused-ring (bicyclic) bond motifs is 1. The van der Waals surface area contributed by atoms with Gasteiger partial charge in [-0.25, -0.2) is 0 Å². The summed E-state index contributed by atoms with van der Waals surface area (Å²) in [6, 6.07) is 0. The van der Waals surface area contributed by atoms with Gasteiger partial charge >= 0.3 is 0 Å². The molecule has 0 saturated carbocycles. The van der Waals surface area contributed by atoms with E-state index in [1.807, 2.05) is 13.0 Å². The van der Waals surface area contributed by atoms with Gasteiger partial charge in [0.1, 0.15) is 0 Å². The van der Waals surface area contributed by atoms with Crippen molar-refractivity contribution in [2.45, 2.75) is 52.2 Å². The van der Waals surface area contributed by atoms with Gasteiger partial charge in [0, 0.05) is 17.8 Å². The van der Waals surface area contributed by atoms with Crippen LogP contribution < -0.4 is 0 Å². The van der Waals surface area contributed by atoms with Crippen molar-refractivity contribution in [1.29, 1.82) is 0 Å². The maximum absolute atomic E-state index is 12.2. The number of carbonyl (C=O) groups is 2. The largest absolute Gasteiger partial charge is 0.547 e. The van der Waals surface area contributed by atoms with Gasteiger partial charge in [-0.15, -0.1) is 0 Å². The number of rotatable bonds is 2. The van der Waals surface area contributed by atoms with Crippen LogP contribution in [-0.4, -0.2) is 19.9 Å². The van der Waals surface area contributed by atoms with Gasteiger partial charge < -0.3 is 4.43 Å². The summed E-state index contributed by atoms with van der Waals surface area (Å²) in [5.41, 5.74) is 0. The van der Waals surface area contributed by atoms with Crippen LogP contribution in [0.4, 0.5) is 0 Å². The minimum absolute atomic E-state index is 0.0146. The van der Waals surface area contributed by atoms with Gasteiger partial charge in [0.25, 0.3) is 0 Å². The maximum atomic E-state index is 12.2. The Kier molecular flexibility index (Phi) is 4.04. The molecular formula is C17H26O3Si. The van der Waals surface area contributed by atoms with Gasteiger partial charge in [-0.05, 0) is 42.8 Å². The fourth-order valence-corrected chi connectivity index (χ4v) is 3.98. The Labute approximate surface area is 128 Å². The van der Waals surface area contributed by atoms with E-state index in [2.05, 4.69) is 33.9 Å². The van der Waals surface area contributed by atoms with Crippen LogP contribution in [0.25, 0.3) is 0 Å². The molecule has 0 aromatic carbocycles. The van der Waals surface area contributed by atoms with Crippen molar-refractivity contribution in [3.05, 3.63) is 24.0 Å². The molecule has 0 spiro atoms. The second-order valence-electron chi connectivity index (χ2n) is 7.76. The zero-order valence-corrected chi connectivity index (χ0v) is 14.9. The fourth-order valence-electron chi connectivity index (χ4n) is 2.82.